The van der Waals surface area contributed by atoms with Crippen molar-refractivity contribution < 1.29 is 9.53 Å². The van der Waals surface area contributed by atoms with Crippen LogP contribution in [0.4, 0.5) is 10.5 Å². The maximum Gasteiger partial charge on any atom is 0.285 e. The van der Waals surface area contributed by atoms with Crippen LogP contribution in [0, 0.1) is 20.8 Å². The van der Waals surface area contributed by atoms with Gasteiger partial charge >= 0.3 is 0 Å². The number of amides is 1. The minimum Gasteiger partial charge on any atom is -0.489 e. The van der Waals surface area contributed by atoms with Gasteiger partial charge in [0.15, 0.2) is 0 Å². The molecule has 1 amide bonds. The van der Waals surface area contributed by atoms with E-state index in [1.807, 2.05) is 24.3 Å². The van der Waals surface area contributed by atoms with E-state index in [2.05, 4.69) is 32.9 Å². The average Bonchev–Trinajstić information content (AvgIpc) is 2.55. The van der Waals surface area contributed by atoms with E-state index in [-0.39, 0.29) is 5.24 Å². The Kier molecular flexibility index (Phi) is 5.72. The number of rotatable bonds is 4. The van der Waals surface area contributed by atoms with E-state index in [1.165, 1.54) is 22.9 Å². The number of ether oxygens (including phenoxy) is 1. The van der Waals surface area contributed by atoms with Crippen LogP contribution in [0.1, 0.15) is 22.3 Å². The van der Waals surface area contributed by atoms with Gasteiger partial charge in [0.05, 0.1) is 5.69 Å². The van der Waals surface area contributed by atoms with Gasteiger partial charge in [0.25, 0.3) is 5.24 Å². The molecular weight excluding hydrogens is 306 g/mol. The summed E-state index contributed by atoms with van der Waals surface area (Å²) in [7, 11) is 1.79. The van der Waals surface area contributed by atoms with Crippen molar-refractivity contribution in [2.24, 2.45) is 0 Å². The summed E-state index contributed by atoms with van der Waals surface area (Å²) in [6.07, 6.45) is 1.79. The number of benzene rings is 2. The Bertz CT molecular complexity index is 713. The van der Waals surface area contributed by atoms with E-state index >= 15 is 0 Å². The van der Waals surface area contributed by atoms with Crippen LogP contribution in [0.15, 0.2) is 36.4 Å². The van der Waals surface area contributed by atoms with E-state index in [4.69, 9.17) is 4.74 Å². The molecule has 0 aromatic heterocycles. The number of hydrogen-bond acceptors (Lipinski definition) is 3. The van der Waals surface area contributed by atoms with E-state index < -0.39 is 0 Å². The number of nitrogens with zero attached hydrogens (tertiary/aromatic N) is 1. The first-order valence-electron chi connectivity index (χ1n) is 7.54. The SMILES string of the molecule is CSC(=O)N(C)c1ccccc1COc1cc(C)c(C)cc1C. The van der Waals surface area contributed by atoms with Gasteiger partial charge in [-0.05, 0) is 55.9 Å². The fourth-order valence-corrected chi connectivity index (χ4v) is 2.81. The van der Waals surface area contributed by atoms with Crippen LogP contribution in [-0.4, -0.2) is 18.5 Å². The first-order valence-corrected chi connectivity index (χ1v) is 8.76. The third-order valence-corrected chi connectivity index (χ3v) is 4.60. The molecule has 122 valence electrons. The van der Waals surface area contributed by atoms with Crippen molar-refractivity contribution in [2.75, 3.05) is 18.2 Å². The molecule has 2 rings (SSSR count). The maximum atomic E-state index is 11.9. The van der Waals surface area contributed by atoms with Crippen LogP contribution in [0.25, 0.3) is 0 Å². The van der Waals surface area contributed by atoms with E-state index in [0.29, 0.717) is 6.61 Å². The lowest BCUT2D eigenvalue weighted by atomic mass is 10.1. The smallest absolute Gasteiger partial charge is 0.285 e. The number of para-hydroxylation sites is 1. The Morgan fingerprint density at radius 2 is 1.74 bits per heavy atom. The molecule has 0 atom stereocenters. The molecule has 0 N–H and O–H groups in total. The molecule has 2 aromatic carbocycles. The summed E-state index contributed by atoms with van der Waals surface area (Å²) in [6.45, 7) is 6.67. The fraction of sp³-hybridized carbons (Fsp3) is 0.316. The molecule has 0 fully saturated rings. The van der Waals surface area contributed by atoms with Crippen molar-refractivity contribution in [3.8, 4) is 5.75 Å². The Morgan fingerprint density at radius 3 is 2.43 bits per heavy atom. The second kappa shape index (κ2) is 7.55. The van der Waals surface area contributed by atoms with Gasteiger partial charge in [-0.25, -0.2) is 0 Å². The molecule has 0 spiro atoms. The molecular formula is C19H23NO2S. The average molecular weight is 329 g/mol. The summed E-state index contributed by atoms with van der Waals surface area (Å²) in [5.74, 6) is 0.891. The predicted octanol–water partition coefficient (Wildman–Crippen LogP) is 5.11. The van der Waals surface area contributed by atoms with Crippen LogP contribution >= 0.6 is 11.8 Å². The molecule has 0 aliphatic rings. The van der Waals surface area contributed by atoms with Crippen molar-refractivity contribution in [3.63, 3.8) is 0 Å². The summed E-state index contributed by atoms with van der Waals surface area (Å²) < 4.78 is 6.02. The molecule has 0 radical (unpaired) electrons. The lowest BCUT2D eigenvalue weighted by molar-refractivity contribution is 0.266. The standard InChI is InChI=1S/C19H23NO2S/c1-13-10-15(3)18(11-14(13)2)22-12-16-8-6-7-9-17(16)20(4)19(21)23-5/h6-11H,12H2,1-5H3. The van der Waals surface area contributed by atoms with Gasteiger partial charge in [-0.3, -0.25) is 4.79 Å². The van der Waals surface area contributed by atoms with Gasteiger partial charge in [0.1, 0.15) is 12.4 Å². The largest absolute Gasteiger partial charge is 0.489 e. The third-order valence-electron chi connectivity index (χ3n) is 3.98. The van der Waals surface area contributed by atoms with E-state index in [9.17, 15) is 4.79 Å². The second-order valence-corrected chi connectivity index (χ2v) is 6.41. The molecule has 0 heterocycles. The van der Waals surface area contributed by atoms with Crippen molar-refractivity contribution in [1.82, 2.24) is 0 Å². The number of aryl methyl sites for hydroxylation is 3. The predicted molar refractivity (Wildman–Crippen MR) is 98.7 cm³/mol. The first kappa shape index (κ1) is 17.4. The number of hydrogen-bond donors (Lipinski definition) is 0. The molecule has 4 heteroatoms. The van der Waals surface area contributed by atoms with Crippen LogP contribution < -0.4 is 9.64 Å². The van der Waals surface area contributed by atoms with Crippen molar-refractivity contribution in [2.45, 2.75) is 27.4 Å². The fourth-order valence-electron chi connectivity index (χ4n) is 2.44. The summed E-state index contributed by atoms with van der Waals surface area (Å²) >= 11 is 1.20. The quantitative estimate of drug-likeness (QED) is 0.780. The van der Waals surface area contributed by atoms with Gasteiger partial charge in [0.2, 0.25) is 0 Å². The van der Waals surface area contributed by atoms with Crippen LogP contribution in [0.2, 0.25) is 0 Å². The minimum absolute atomic E-state index is 0.0137. The Labute approximate surface area is 142 Å². The minimum atomic E-state index is 0.0137. The lowest BCUT2D eigenvalue weighted by Crippen LogP contribution is -2.23. The number of carbonyl (C=O) groups is 1. The van der Waals surface area contributed by atoms with Crippen molar-refractivity contribution in [1.29, 1.82) is 0 Å². The van der Waals surface area contributed by atoms with Crippen molar-refractivity contribution >= 4 is 22.7 Å². The van der Waals surface area contributed by atoms with Crippen LogP contribution in [0.3, 0.4) is 0 Å². The molecule has 0 saturated heterocycles. The summed E-state index contributed by atoms with van der Waals surface area (Å²) in [6, 6.07) is 12.1. The first-order chi connectivity index (χ1) is 10.9. The Hall–Kier alpha value is -1.94. The van der Waals surface area contributed by atoms with Gasteiger partial charge in [0, 0.05) is 12.6 Å². The summed E-state index contributed by atoms with van der Waals surface area (Å²) in [5.41, 5.74) is 5.48. The molecule has 0 saturated carbocycles. The van der Waals surface area contributed by atoms with Crippen LogP contribution in [-0.2, 0) is 6.61 Å². The molecule has 0 aliphatic carbocycles. The molecule has 2 aromatic rings. The zero-order valence-electron chi connectivity index (χ0n) is 14.3. The van der Waals surface area contributed by atoms with Gasteiger partial charge in [-0.1, -0.05) is 36.0 Å². The molecule has 23 heavy (non-hydrogen) atoms. The Morgan fingerprint density at radius 1 is 1.09 bits per heavy atom. The molecule has 0 unspecified atom stereocenters. The zero-order chi connectivity index (χ0) is 17.0. The highest BCUT2D eigenvalue weighted by Crippen LogP contribution is 2.26. The van der Waals surface area contributed by atoms with E-state index in [1.54, 1.807) is 18.2 Å². The topological polar surface area (TPSA) is 29.5 Å². The normalized spacial score (nSPS) is 10.5. The zero-order valence-corrected chi connectivity index (χ0v) is 15.2. The van der Waals surface area contributed by atoms with Gasteiger partial charge in [-0.2, -0.15) is 0 Å². The van der Waals surface area contributed by atoms with E-state index in [0.717, 1.165) is 22.6 Å². The lowest BCUT2D eigenvalue weighted by Gasteiger charge is -2.20. The summed E-state index contributed by atoms with van der Waals surface area (Å²) in [5, 5.41) is 0.0137. The van der Waals surface area contributed by atoms with Gasteiger partial charge < -0.3 is 9.64 Å². The highest BCUT2D eigenvalue weighted by Gasteiger charge is 2.14. The summed E-state index contributed by atoms with van der Waals surface area (Å²) in [4.78, 5) is 13.6. The number of anilines is 1. The second-order valence-electron chi connectivity index (χ2n) is 5.65. The number of carbonyl (C=O) groups excluding carboxylic acids is 1. The maximum absolute atomic E-state index is 11.9. The Balaban J connectivity index is 2.22. The molecule has 0 bridgehead atoms. The number of thioether (sulfide) groups is 1. The van der Waals surface area contributed by atoms with Crippen LogP contribution in [0.5, 0.6) is 5.75 Å². The highest BCUT2D eigenvalue weighted by molar-refractivity contribution is 8.13. The van der Waals surface area contributed by atoms with Gasteiger partial charge in [-0.15, -0.1) is 0 Å². The highest BCUT2D eigenvalue weighted by atomic mass is 32.2. The molecule has 3 nitrogen and oxygen atoms in total. The monoisotopic (exact) mass is 329 g/mol. The molecule has 0 aliphatic heterocycles. The van der Waals surface area contributed by atoms with Crippen molar-refractivity contribution in [3.05, 3.63) is 58.7 Å². The third kappa shape index (κ3) is 4.08.